The molecule has 0 saturated carbocycles. The van der Waals surface area contributed by atoms with Crippen molar-refractivity contribution in [3.8, 4) is 5.75 Å². The smallest absolute Gasteiger partial charge is 0.310 e. The highest BCUT2D eigenvalue weighted by Crippen LogP contribution is 2.29. The van der Waals surface area contributed by atoms with Gasteiger partial charge in [-0.1, -0.05) is 6.07 Å². The Morgan fingerprint density at radius 3 is 3.00 bits per heavy atom. The quantitative estimate of drug-likeness (QED) is 0.457. The summed E-state index contributed by atoms with van der Waals surface area (Å²) in [5.41, 5.74) is 0.778. The predicted molar refractivity (Wildman–Crippen MR) is 71.7 cm³/mol. The number of hydrogen-bond acceptors (Lipinski definition) is 4. The summed E-state index contributed by atoms with van der Waals surface area (Å²) in [6.07, 6.45) is 3.08. The summed E-state index contributed by atoms with van der Waals surface area (Å²) in [4.78, 5) is 10.5. The van der Waals surface area contributed by atoms with Crippen molar-refractivity contribution in [1.82, 2.24) is 0 Å². The van der Waals surface area contributed by atoms with E-state index in [1.807, 2.05) is 0 Å². The van der Waals surface area contributed by atoms with Crippen LogP contribution in [0.25, 0.3) is 0 Å². The zero-order valence-corrected chi connectivity index (χ0v) is 11.3. The third-order valence-corrected chi connectivity index (χ3v) is 3.41. The lowest BCUT2D eigenvalue weighted by Gasteiger charge is -2.11. The van der Waals surface area contributed by atoms with E-state index in [2.05, 4.69) is 0 Å². The maximum atomic E-state index is 10.9. The second-order valence-electron chi connectivity index (χ2n) is 4.46. The van der Waals surface area contributed by atoms with Gasteiger partial charge in [-0.15, -0.1) is 11.6 Å². The SMILES string of the molecule is O=[N+]([O-])c1ccc(CCl)cc1OCCC1CCCO1. The summed E-state index contributed by atoms with van der Waals surface area (Å²) >= 11 is 5.72. The van der Waals surface area contributed by atoms with Gasteiger partial charge in [0.15, 0.2) is 5.75 Å². The molecule has 1 heterocycles. The van der Waals surface area contributed by atoms with Crippen LogP contribution in [0.3, 0.4) is 0 Å². The van der Waals surface area contributed by atoms with Crippen molar-refractivity contribution in [3.63, 3.8) is 0 Å². The Labute approximate surface area is 116 Å². The third kappa shape index (κ3) is 3.81. The average molecular weight is 286 g/mol. The first-order valence-electron chi connectivity index (χ1n) is 6.28. The highest BCUT2D eigenvalue weighted by Gasteiger charge is 2.18. The number of nitro groups is 1. The molecule has 2 rings (SSSR count). The number of halogens is 1. The molecule has 0 N–H and O–H groups in total. The molecule has 0 bridgehead atoms. The highest BCUT2D eigenvalue weighted by molar-refractivity contribution is 6.17. The number of hydrogen-bond donors (Lipinski definition) is 0. The van der Waals surface area contributed by atoms with Gasteiger partial charge in [0.25, 0.3) is 0 Å². The van der Waals surface area contributed by atoms with Crippen LogP contribution in [0.2, 0.25) is 0 Å². The van der Waals surface area contributed by atoms with E-state index in [1.54, 1.807) is 12.1 Å². The van der Waals surface area contributed by atoms with E-state index in [9.17, 15) is 10.1 Å². The van der Waals surface area contributed by atoms with Crippen molar-refractivity contribution in [2.75, 3.05) is 13.2 Å². The fourth-order valence-corrected chi connectivity index (χ4v) is 2.25. The van der Waals surface area contributed by atoms with Crippen LogP contribution in [0.5, 0.6) is 5.75 Å². The first-order chi connectivity index (χ1) is 9.20. The molecule has 0 aliphatic carbocycles. The number of nitrogens with zero attached hydrogens (tertiary/aromatic N) is 1. The highest BCUT2D eigenvalue weighted by atomic mass is 35.5. The normalized spacial score (nSPS) is 18.5. The van der Waals surface area contributed by atoms with Crippen LogP contribution in [0.1, 0.15) is 24.8 Å². The molecule has 6 heteroatoms. The number of alkyl halides is 1. The maximum Gasteiger partial charge on any atom is 0.310 e. The summed E-state index contributed by atoms with van der Waals surface area (Å²) in [6.45, 7) is 1.21. The maximum absolute atomic E-state index is 10.9. The molecule has 1 unspecified atom stereocenters. The number of nitro benzene ring substituents is 1. The van der Waals surface area contributed by atoms with E-state index >= 15 is 0 Å². The molecule has 1 aromatic carbocycles. The molecule has 19 heavy (non-hydrogen) atoms. The summed E-state index contributed by atoms with van der Waals surface area (Å²) in [7, 11) is 0. The van der Waals surface area contributed by atoms with Gasteiger partial charge in [-0.3, -0.25) is 10.1 Å². The van der Waals surface area contributed by atoms with Crippen molar-refractivity contribution in [2.45, 2.75) is 31.2 Å². The minimum absolute atomic E-state index is 0.0267. The number of benzene rings is 1. The monoisotopic (exact) mass is 285 g/mol. The van der Waals surface area contributed by atoms with Gasteiger partial charge in [0.1, 0.15) is 0 Å². The lowest BCUT2D eigenvalue weighted by molar-refractivity contribution is -0.385. The van der Waals surface area contributed by atoms with Crippen molar-refractivity contribution in [1.29, 1.82) is 0 Å². The minimum atomic E-state index is -0.445. The van der Waals surface area contributed by atoms with Crippen LogP contribution in [0.4, 0.5) is 5.69 Å². The Bertz CT molecular complexity index is 446. The molecular formula is C13H16ClNO4. The van der Waals surface area contributed by atoms with E-state index in [0.29, 0.717) is 12.5 Å². The lowest BCUT2D eigenvalue weighted by atomic mass is 10.2. The Morgan fingerprint density at radius 2 is 2.37 bits per heavy atom. The zero-order valence-electron chi connectivity index (χ0n) is 10.5. The van der Waals surface area contributed by atoms with Gasteiger partial charge >= 0.3 is 5.69 Å². The van der Waals surface area contributed by atoms with Crippen molar-refractivity contribution in [2.24, 2.45) is 0 Å². The lowest BCUT2D eigenvalue weighted by Crippen LogP contribution is -2.11. The zero-order chi connectivity index (χ0) is 13.7. The predicted octanol–water partition coefficient (Wildman–Crippen LogP) is 3.28. The van der Waals surface area contributed by atoms with Crippen LogP contribution >= 0.6 is 11.6 Å². The van der Waals surface area contributed by atoms with E-state index in [4.69, 9.17) is 21.1 Å². The summed E-state index contributed by atoms with van der Waals surface area (Å²) in [5.74, 6) is 0.584. The number of ether oxygens (including phenoxy) is 2. The Balaban J connectivity index is 1.98. The van der Waals surface area contributed by atoms with Crippen LogP contribution in [-0.2, 0) is 10.6 Å². The molecule has 5 nitrogen and oxygen atoms in total. The fourth-order valence-electron chi connectivity index (χ4n) is 2.08. The molecule has 1 aromatic rings. The van der Waals surface area contributed by atoms with E-state index in [0.717, 1.165) is 31.4 Å². The first-order valence-corrected chi connectivity index (χ1v) is 6.82. The van der Waals surface area contributed by atoms with Gasteiger partial charge in [0.05, 0.1) is 17.6 Å². The topological polar surface area (TPSA) is 61.6 Å². The standard InChI is InChI=1S/C13H16ClNO4/c14-9-10-3-4-12(15(16)17)13(8-10)19-7-5-11-2-1-6-18-11/h3-4,8,11H,1-2,5-7,9H2. The Hall–Kier alpha value is -1.33. The molecule has 0 aromatic heterocycles. The fraction of sp³-hybridized carbons (Fsp3) is 0.538. The van der Waals surface area contributed by atoms with Crippen molar-refractivity contribution in [3.05, 3.63) is 33.9 Å². The van der Waals surface area contributed by atoms with Gasteiger partial charge in [0, 0.05) is 25.0 Å². The average Bonchev–Trinajstić information content (AvgIpc) is 2.91. The van der Waals surface area contributed by atoms with Crippen molar-refractivity contribution >= 4 is 17.3 Å². The van der Waals surface area contributed by atoms with Crippen LogP contribution in [0, 0.1) is 10.1 Å². The molecule has 1 saturated heterocycles. The molecule has 1 atom stereocenters. The molecule has 0 spiro atoms. The molecule has 1 fully saturated rings. The third-order valence-electron chi connectivity index (χ3n) is 3.10. The Kier molecular flexibility index (Phi) is 4.99. The number of rotatable bonds is 6. The van der Waals surface area contributed by atoms with Crippen LogP contribution < -0.4 is 4.74 Å². The van der Waals surface area contributed by atoms with E-state index in [-0.39, 0.29) is 17.5 Å². The summed E-state index contributed by atoms with van der Waals surface area (Å²) in [5, 5.41) is 10.9. The van der Waals surface area contributed by atoms with Gasteiger partial charge in [-0.2, -0.15) is 0 Å². The Morgan fingerprint density at radius 1 is 1.53 bits per heavy atom. The molecular weight excluding hydrogens is 270 g/mol. The van der Waals surface area contributed by atoms with Gasteiger partial charge in [-0.25, -0.2) is 0 Å². The van der Waals surface area contributed by atoms with Gasteiger partial charge in [0.2, 0.25) is 0 Å². The van der Waals surface area contributed by atoms with Gasteiger partial charge in [-0.05, 0) is 24.5 Å². The molecule has 104 valence electrons. The van der Waals surface area contributed by atoms with E-state index in [1.165, 1.54) is 6.07 Å². The van der Waals surface area contributed by atoms with Gasteiger partial charge < -0.3 is 9.47 Å². The van der Waals surface area contributed by atoms with Crippen LogP contribution in [0.15, 0.2) is 18.2 Å². The van der Waals surface area contributed by atoms with Crippen molar-refractivity contribution < 1.29 is 14.4 Å². The summed E-state index contributed by atoms with van der Waals surface area (Å²) < 4.78 is 11.0. The summed E-state index contributed by atoms with van der Waals surface area (Å²) in [6, 6.07) is 4.69. The molecule has 0 amide bonds. The second-order valence-corrected chi connectivity index (χ2v) is 4.73. The molecule has 0 radical (unpaired) electrons. The van der Waals surface area contributed by atoms with E-state index < -0.39 is 4.92 Å². The minimum Gasteiger partial charge on any atom is -0.487 e. The first kappa shape index (κ1) is 14.1. The second kappa shape index (κ2) is 6.73. The molecule has 1 aliphatic rings. The van der Waals surface area contributed by atoms with Crippen LogP contribution in [-0.4, -0.2) is 24.2 Å². The largest absolute Gasteiger partial charge is 0.487 e. The molecule has 1 aliphatic heterocycles.